The Balaban J connectivity index is 2.34. The van der Waals surface area contributed by atoms with E-state index in [0.29, 0.717) is 5.56 Å². The zero-order valence-corrected chi connectivity index (χ0v) is 15.7. The Kier molecular flexibility index (Phi) is 5.95. The number of amides is 1. The fourth-order valence-electron chi connectivity index (χ4n) is 2.06. The maximum Gasteiger partial charge on any atom is 0.433 e. The van der Waals surface area contributed by atoms with Crippen molar-refractivity contribution in [2.24, 2.45) is 0 Å². The van der Waals surface area contributed by atoms with Crippen LogP contribution in [0, 0.1) is 0 Å². The van der Waals surface area contributed by atoms with E-state index < -0.39 is 22.7 Å². The van der Waals surface area contributed by atoms with Crippen LogP contribution in [0.4, 0.5) is 13.2 Å². The van der Waals surface area contributed by atoms with Gasteiger partial charge in [-0.25, -0.2) is 9.97 Å². The molecule has 140 valence electrons. The van der Waals surface area contributed by atoms with Crippen LogP contribution < -0.4 is 5.32 Å². The number of thioether (sulfide) groups is 1. The van der Waals surface area contributed by atoms with E-state index in [1.807, 2.05) is 20.8 Å². The molecule has 0 aliphatic carbocycles. The van der Waals surface area contributed by atoms with Crippen LogP contribution in [0.25, 0.3) is 11.3 Å². The van der Waals surface area contributed by atoms with Gasteiger partial charge in [0.05, 0.1) is 10.9 Å². The molecular weight excluding hydrogens is 363 g/mol. The average Bonchev–Trinajstić information content (AvgIpc) is 2.53. The Morgan fingerprint density at radius 2 is 1.73 bits per heavy atom. The average molecular weight is 383 g/mol. The van der Waals surface area contributed by atoms with Gasteiger partial charge in [0.25, 0.3) is 0 Å². The maximum atomic E-state index is 13.2. The fraction of sp³-hybridized carbons (Fsp3) is 0.389. The zero-order valence-electron chi connectivity index (χ0n) is 14.9. The molecule has 1 atom stereocenters. The van der Waals surface area contributed by atoms with Gasteiger partial charge in [0.1, 0.15) is 5.69 Å². The number of alkyl halides is 3. The molecule has 0 aliphatic rings. The zero-order chi connectivity index (χ0) is 19.5. The molecule has 1 heterocycles. The summed E-state index contributed by atoms with van der Waals surface area (Å²) in [5.74, 6) is -0.287. The SMILES string of the molecule is CC(Sc1nc(-c2ccccc2)cc(C(F)(F)F)n1)C(=O)NC(C)(C)C. The molecule has 0 aliphatic heterocycles. The van der Waals surface area contributed by atoms with Crippen LogP contribution >= 0.6 is 11.8 Å². The number of carbonyl (C=O) groups excluding carboxylic acids is 1. The fourth-order valence-corrected chi connectivity index (χ4v) is 2.85. The highest BCUT2D eigenvalue weighted by molar-refractivity contribution is 8.00. The number of nitrogens with zero attached hydrogens (tertiary/aromatic N) is 2. The summed E-state index contributed by atoms with van der Waals surface area (Å²) in [6.45, 7) is 7.10. The number of halogens is 3. The predicted octanol–water partition coefficient (Wildman–Crippen LogP) is 4.56. The topological polar surface area (TPSA) is 54.9 Å². The van der Waals surface area contributed by atoms with Gasteiger partial charge in [0.15, 0.2) is 5.16 Å². The molecule has 0 fully saturated rings. The molecule has 0 saturated carbocycles. The van der Waals surface area contributed by atoms with Crippen LogP contribution in [0.2, 0.25) is 0 Å². The van der Waals surface area contributed by atoms with Gasteiger partial charge in [-0.15, -0.1) is 0 Å². The lowest BCUT2D eigenvalue weighted by atomic mass is 10.1. The van der Waals surface area contributed by atoms with Crippen molar-refractivity contribution in [3.63, 3.8) is 0 Å². The third-order valence-electron chi connectivity index (χ3n) is 3.22. The maximum absolute atomic E-state index is 13.2. The monoisotopic (exact) mass is 383 g/mol. The van der Waals surface area contributed by atoms with Crippen molar-refractivity contribution in [2.75, 3.05) is 0 Å². The van der Waals surface area contributed by atoms with Gasteiger partial charge in [0, 0.05) is 11.1 Å². The second-order valence-corrected chi connectivity index (χ2v) is 8.09. The van der Waals surface area contributed by atoms with Gasteiger partial charge in [-0.2, -0.15) is 13.2 Å². The highest BCUT2D eigenvalue weighted by atomic mass is 32.2. The van der Waals surface area contributed by atoms with Gasteiger partial charge in [-0.3, -0.25) is 4.79 Å². The van der Waals surface area contributed by atoms with Crippen molar-refractivity contribution in [2.45, 2.75) is 49.8 Å². The summed E-state index contributed by atoms with van der Waals surface area (Å²) in [5.41, 5.74) is -0.749. The minimum atomic E-state index is -4.60. The van der Waals surface area contributed by atoms with Gasteiger partial charge in [-0.05, 0) is 33.8 Å². The summed E-state index contributed by atoms with van der Waals surface area (Å²) in [4.78, 5) is 20.0. The first kappa shape index (κ1) is 20.2. The highest BCUT2D eigenvalue weighted by Gasteiger charge is 2.34. The van der Waals surface area contributed by atoms with E-state index in [2.05, 4.69) is 15.3 Å². The first-order valence-electron chi connectivity index (χ1n) is 7.96. The van der Waals surface area contributed by atoms with Crippen LogP contribution in [0.3, 0.4) is 0 Å². The Bertz CT molecular complexity index is 773. The van der Waals surface area contributed by atoms with Crippen molar-refractivity contribution in [3.8, 4) is 11.3 Å². The Labute approximate surface area is 154 Å². The van der Waals surface area contributed by atoms with Crippen molar-refractivity contribution in [1.29, 1.82) is 0 Å². The number of hydrogen-bond donors (Lipinski definition) is 1. The molecule has 0 radical (unpaired) electrons. The summed E-state index contributed by atoms with van der Waals surface area (Å²) < 4.78 is 39.6. The number of hydrogen-bond acceptors (Lipinski definition) is 4. The molecule has 2 aromatic rings. The lowest BCUT2D eigenvalue weighted by molar-refractivity contribution is -0.141. The largest absolute Gasteiger partial charge is 0.433 e. The van der Waals surface area contributed by atoms with Gasteiger partial charge < -0.3 is 5.32 Å². The molecular formula is C18H20F3N3OS. The standard InChI is InChI=1S/C18H20F3N3OS/c1-11(15(25)24-17(2,3)4)26-16-22-13(12-8-6-5-7-9-12)10-14(23-16)18(19,20)21/h5-11H,1-4H3,(H,24,25). The molecule has 1 amide bonds. The van der Waals surface area contributed by atoms with E-state index in [9.17, 15) is 18.0 Å². The lowest BCUT2D eigenvalue weighted by Gasteiger charge is -2.22. The van der Waals surface area contributed by atoms with E-state index in [-0.39, 0.29) is 16.8 Å². The summed E-state index contributed by atoms with van der Waals surface area (Å²) in [6.07, 6.45) is -4.60. The smallest absolute Gasteiger partial charge is 0.351 e. The van der Waals surface area contributed by atoms with E-state index in [4.69, 9.17) is 0 Å². The summed E-state index contributed by atoms with van der Waals surface area (Å²) in [6, 6.07) is 9.47. The number of aromatic nitrogens is 2. The summed E-state index contributed by atoms with van der Waals surface area (Å²) >= 11 is 0.897. The third-order valence-corrected chi connectivity index (χ3v) is 4.18. The lowest BCUT2D eigenvalue weighted by Crippen LogP contribution is -2.44. The number of rotatable bonds is 4. The van der Waals surface area contributed by atoms with Gasteiger partial charge in [-0.1, -0.05) is 42.1 Å². The molecule has 1 unspecified atom stereocenters. The molecule has 1 N–H and O–H groups in total. The first-order valence-corrected chi connectivity index (χ1v) is 8.84. The van der Waals surface area contributed by atoms with Gasteiger partial charge >= 0.3 is 6.18 Å². The molecule has 2 rings (SSSR count). The molecule has 4 nitrogen and oxygen atoms in total. The first-order chi connectivity index (χ1) is 12.0. The van der Waals surface area contributed by atoms with E-state index >= 15 is 0 Å². The van der Waals surface area contributed by atoms with Crippen LogP contribution in [-0.2, 0) is 11.0 Å². The normalized spacial score (nSPS) is 13.3. The molecule has 1 aromatic heterocycles. The van der Waals surface area contributed by atoms with Crippen molar-refractivity contribution in [3.05, 3.63) is 42.1 Å². The molecule has 0 spiro atoms. The molecule has 0 bridgehead atoms. The number of carbonyl (C=O) groups is 1. The van der Waals surface area contributed by atoms with E-state index in [0.717, 1.165) is 17.8 Å². The molecule has 26 heavy (non-hydrogen) atoms. The summed E-state index contributed by atoms with van der Waals surface area (Å²) in [5, 5.41) is 2.07. The second kappa shape index (κ2) is 7.65. The highest BCUT2D eigenvalue weighted by Crippen LogP contribution is 2.32. The van der Waals surface area contributed by atoms with Crippen LogP contribution in [0.5, 0.6) is 0 Å². The quantitative estimate of drug-likeness (QED) is 0.621. The molecule has 8 heteroatoms. The van der Waals surface area contributed by atoms with Crippen molar-refractivity contribution < 1.29 is 18.0 Å². The molecule has 0 saturated heterocycles. The van der Waals surface area contributed by atoms with Crippen molar-refractivity contribution >= 4 is 17.7 Å². The minimum Gasteiger partial charge on any atom is -0.351 e. The Hall–Kier alpha value is -2.09. The van der Waals surface area contributed by atoms with Crippen molar-refractivity contribution in [1.82, 2.24) is 15.3 Å². The Morgan fingerprint density at radius 1 is 1.12 bits per heavy atom. The number of nitrogens with one attached hydrogen (secondary N) is 1. The van der Waals surface area contributed by atoms with Crippen LogP contribution in [-0.4, -0.2) is 26.7 Å². The van der Waals surface area contributed by atoms with E-state index in [1.54, 1.807) is 37.3 Å². The minimum absolute atomic E-state index is 0.0877. The second-order valence-electron chi connectivity index (χ2n) is 6.78. The predicted molar refractivity (Wildman–Crippen MR) is 95.7 cm³/mol. The van der Waals surface area contributed by atoms with Crippen LogP contribution in [0.1, 0.15) is 33.4 Å². The van der Waals surface area contributed by atoms with Gasteiger partial charge in [0.2, 0.25) is 5.91 Å². The van der Waals surface area contributed by atoms with E-state index in [1.165, 1.54) is 0 Å². The third kappa shape index (κ3) is 5.72. The molecule has 1 aromatic carbocycles. The van der Waals surface area contributed by atoms with Crippen LogP contribution in [0.15, 0.2) is 41.6 Å². The summed E-state index contributed by atoms with van der Waals surface area (Å²) in [7, 11) is 0. The Morgan fingerprint density at radius 3 is 2.27 bits per heavy atom. The number of benzene rings is 1.